The molecular formula is C12H19N3O4S. The number of anilines is 1. The molecule has 7 nitrogen and oxygen atoms in total. The van der Waals surface area contributed by atoms with E-state index in [9.17, 15) is 8.42 Å². The van der Waals surface area contributed by atoms with E-state index in [-0.39, 0.29) is 18.2 Å². The molecule has 0 aliphatic rings. The van der Waals surface area contributed by atoms with Gasteiger partial charge >= 0.3 is 0 Å². The molecule has 1 rings (SSSR count). The molecule has 0 spiro atoms. The minimum atomic E-state index is -3.41. The molecule has 0 aliphatic heterocycles. The average molecular weight is 301 g/mol. The Balaban J connectivity index is 2.63. The van der Waals surface area contributed by atoms with Gasteiger partial charge in [0.2, 0.25) is 10.0 Å². The zero-order valence-corrected chi connectivity index (χ0v) is 12.1. The molecular weight excluding hydrogens is 282 g/mol. The molecule has 0 aromatic heterocycles. The fourth-order valence-corrected chi connectivity index (χ4v) is 2.52. The SMILES string of the molecule is COCCCS(=O)(=O)Nc1cccc(OCC(=N)N)c1. The van der Waals surface area contributed by atoms with Crippen molar-refractivity contribution < 1.29 is 17.9 Å². The maximum atomic E-state index is 11.8. The van der Waals surface area contributed by atoms with E-state index in [1.165, 1.54) is 13.2 Å². The van der Waals surface area contributed by atoms with Gasteiger partial charge in [-0.3, -0.25) is 10.1 Å². The Bertz CT molecular complexity index is 545. The molecule has 112 valence electrons. The molecule has 0 amide bonds. The third-order valence-electron chi connectivity index (χ3n) is 2.26. The molecule has 1 aromatic rings. The lowest BCUT2D eigenvalue weighted by Crippen LogP contribution is -2.19. The lowest BCUT2D eigenvalue weighted by Gasteiger charge is -2.10. The number of nitrogens with two attached hydrogens (primary N) is 1. The van der Waals surface area contributed by atoms with Gasteiger partial charge in [0.25, 0.3) is 0 Å². The van der Waals surface area contributed by atoms with Crippen LogP contribution in [0.25, 0.3) is 0 Å². The van der Waals surface area contributed by atoms with Crippen LogP contribution in [0.2, 0.25) is 0 Å². The summed E-state index contributed by atoms with van der Waals surface area (Å²) in [5.41, 5.74) is 5.59. The van der Waals surface area contributed by atoms with E-state index in [1.807, 2.05) is 0 Å². The number of sulfonamides is 1. The number of ether oxygens (including phenoxy) is 2. The lowest BCUT2D eigenvalue weighted by molar-refractivity contribution is 0.199. The Hall–Kier alpha value is -1.80. The highest BCUT2D eigenvalue weighted by molar-refractivity contribution is 7.92. The zero-order valence-electron chi connectivity index (χ0n) is 11.3. The number of benzene rings is 1. The van der Waals surface area contributed by atoms with Crippen LogP contribution in [0.3, 0.4) is 0 Å². The quantitative estimate of drug-likeness (QED) is 0.354. The fourth-order valence-electron chi connectivity index (χ4n) is 1.43. The molecule has 0 aliphatic carbocycles. The number of rotatable bonds is 9. The van der Waals surface area contributed by atoms with Gasteiger partial charge in [-0.1, -0.05) is 6.07 Å². The second-order valence-electron chi connectivity index (χ2n) is 4.11. The van der Waals surface area contributed by atoms with Crippen molar-refractivity contribution in [2.24, 2.45) is 5.73 Å². The number of methoxy groups -OCH3 is 1. The summed E-state index contributed by atoms with van der Waals surface area (Å²) in [5, 5.41) is 7.07. The van der Waals surface area contributed by atoms with Crippen LogP contribution in [0.15, 0.2) is 24.3 Å². The summed E-state index contributed by atoms with van der Waals surface area (Å²) < 4.78 is 36.1. The van der Waals surface area contributed by atoms with Crippen LogP contribution < -0.4 is 15.2 Å². The molecule has 8 heteroatoms. The van der Waals surface area contributed by atoms with Gasteiger partial charge in [-0.05, 0) is 18.6 Å². The monoisotopic (exact) mass is 301 g/mol. The Labute approximate surface area is 118 Å². The van der Waals surface area contributed by atoms with Gasteiger partial charge in [0.1, 0.15) is 18.2 Å². The average Bonchev–Trinajstić information content (AvgIpc) is 2.36. The summed E-state index contributed by atoms with van der Waals surface area (Å²) in [4.78, 5) is 0. The number of hydrogen-bond donors (Lipinski definition) is 3. The van der Waals surface area contributed by atoms with Crippen LogP contribution in [0.1, 0.15) is 6.42 Å². The molecule has 4 N–H and O–H groups in total. The van der Waals surface area contributed by atoms with Crippen LogP contribution in [-0.2, 0) is 14.8 Å². The van der Waals surface area contributed by atoms with Crippen molar-refractivity contribution in [3.8, 4) is 5.75 Å². The molecule has 0 fully saturated rings. The summed E-state index contributed by atoms with van der Waals surface area (Å²) in [6.07, 6.45) is 0.423. The zero-order chi connectivity index (χ0) is 15.0. The van der Waals surface area contributed by atoms with E-state index in [0.717, 1.165) is 0 Å². The minimum absolute atomic E-state index is 0.0145. The van der Waals surface area contributed by atoms with Crippen LogP contribution in [-0.4, -0.2) is 40.3 Å². The first-order chi connectivity index (χ1) is 9.43. The third kappa shape index (κ3) is 6.39. The van der Waals surface area contributed by atoms with Crippen molar-refractivity contribution in [1.82, 2.24) is 0 Å². The van der Waals surface area contributed by atoms with E-state index in [2.05, 4.69) is 4.72 Å². The van der Waals surface area contributed by atoms with Gasteiger partial charge in [-0.2, -0.15) is 0 Å². The van der Waals surface area contributed by atoms with Crippen LogP contribution >= 0.6 is 0 Å². The number of nitrogens with one attached hydrogen (secondary N) is 2. The summed E-state index contributed by atoms with van der Waals surface area (Å²) in [5.74, 6) is 0.326. The Morgan fingerprint density at radius 3 is 2.85 bits per heavy atom. The molecule has 0 unspecified atom stereocenters. The van der Waals surface area contributed by atoms with Crippen molar-refractivity contribution in [2.45, 2.75) is 6.42 Å². The van der Waals surface area contributed by atoms with E-state index in [0.29, 0.717) is 24.5 Å². The molecule has 1 aromatic carbocycles. The standard InChI is InChI=1S/C12H19N3O4S/c1-18-6-3-7-20(16,17)15-10-4-2-5-11(8-10)19-9-12(13)14/h2,4-5,8,15H,3,6-7,9H2,1H3,(H3,13,14). The molecule has 0 bridgehead atoms. The van der Waals surface area contributed by atoms with E-state index in [1.54, 1.807) is 18.2 Å². The first-order valence-corrected chi connectivity index (χ1v) is 7.63. The maximum absolute atomic E-state index is 11.8. The second kappa shape index (κ2) is 7.71. The Kier molecular flexibility index (Phi) is 6.26. The predicted molar refractivity (Wildman–Crippen MR) is 77.8 cm³/mol. The van der Waals surface area contributed by atoms with Gasteiger partial charge < -0.3 is 15.2 Å². The summed E-state index contributed by atoms with van der Waals surface area (Å²) in [6.45, 7) is 0.354. The van der Waals surface area contributed by atoms with Gasteiger partial charge in [0.15, 0.2) is 0 Å². The molecule has 0 saturated heterocycles. The molecule has 0 atom stereocenters. The largest absolute Gasteiger partial charge is 0.486 e. The summed E-state index contributed by atoms with van der Waals surface area (Å²) in [7, 11) is -1.88. The van der Waals surface area contributed by atoms with E-state index < -0.39 is 10.0 Å². The smallest absolute Gasteiger partial charge is 0.232 e. The molecule has 0 radical (unpaired) electrons. The van der Waals surface area contributed by atoms with Gasteiger partial charge in [-0.25, -0.2) is 8.42 Å². The highest BCUT2D eigenvalue weighted by Crippen LogP contribution is 2.18. The second-order valence-corrected chi connectivity index (χ2v) is 5.95. The Morgan fingerprint density at radius 2 is 2.20 bits per heavy atom. The first-order valence-electron chi connectivity index (χ1n) is 5.98. The van der Waals surface area contributed by atoms with Crippen LogP contribution in [0.4, 0.5) is 5.69 Å². The van der Waals surface area contributed by atoms with Crippen LogP contribution in [0.5, 0.6) is 5.75 Å². The van der Waals surface area contributed by atoms with Crippen molar-refractivity contribution in [2.75, 3.05) is 30.8 Å². The predicted octanol–water partition coefficient (Wildman–Crippen LogP) is 0.780. The van der Waals surface area contributed by atoms with Crippen molar-refractivity contribution >= 4 is 21.5 Å². The van der Waals surface area contributed by atoms with Gasteiger partial charge in [0.05, 0.1) is 11.4 Å². The Morgan fingerprint density at radius 1 is 1.45 bits per heavy atom. The normalized spacial score (nSPS) is 11.1. The molecule has 0 saturated carbocycles. The lowest BCUT2D eigenvalue weighted by atomic mass is 10.3. The first kappa shape index (κ1) is 16.3. The number of amidine groups is 1. The van der Waals surface area contributed by atoms with Gasteiger partial charge in [0, 0.05) is 19.8 Å². The number of hydrogen-bond acceptors (Lipinski definition) is 5. The highest BCUT2D eigenvalue weighted by Gasteiger charge is 2.10. The van der Waals surface area contributed by atoms with Crippen molar-refractivity contribution in [3.05, 3.63) is 24.3 Å². The third-order valence-corrected chi connectivity index (χ3v) is 3.64. The van der Waals surface area contributed by atoms with Crippen LogP contribution in [0, 0.1) is 5.41 Å². The highest BCUT2D eigenvalue weighted by atomic mass is 32.2. The van der Waals surface area contributed by atoms with E-state index >= 15 is 0 Å². The summed E-state index contributed by atoms with van der Waals surface area (Å²) >= 11 is 0. The molecule has 20 heavy (non-hydrogen) atoms. The molecule has 0 heterocycles. The summed E-state index contributed by atoms with van der Waals surface area (Å²) in [6, 6.07) is 6.47. The van der Waals surface area contributed by atoms with Crippen molar-refractivity contribution in [3.63, 3.8) is 0 Å². The van der Waals surface area contributed by atoms with E-state index in [4.69, 9.17) is 20.6 Å². The fraction of sp³-hybridized carbons (Fsp3) is 0.417. The van der Waals surface area contributed by atoms with Gasteiger partial charge in [-0.15, -0.1) is 0 Å². The maximum Gasteiger partial charge on any atom is 0.232 e. The minimum Gasteiger partial charge on any atom is -0.486 e. The topological polar surface area (TPSA) is 115 Å². The van der Waals surface area contributed by atoms with Crippen molar-refractivity contribution in [1.29, 1.82) is 5.41 Å².